The Kier molecular flexibility index (Phi) is 2.89. The molecule has 0 aliphatic rings. The minimum absolute atomic E-state index is 0.324. The van der Waals surface area contributed by atoms with Crippen LogP contribution in [0.3, 0.4) is 0 Å². The van der Waals surface area contributed by atoms with E-state index in [1.165, 1.54) is 23.5 Å². The summed E-state index contributed by atoms with van der Waals surface area (Å²) in [5.41, 5.74) is 5.37. The standard InChI is InChI=1S/C9H8FN3OS/c10-6-2-1-3-7(4-6)14-9-13-12-8(5-11)15-9/h1-4H,5,11H2. The van der Waals surface area contributed by atoms with Crippen molar-refractivity contribution in [2.45, 2.75) is 6.54 Å². The molecule has 0 spiro atoms. The summed E-state index contributed by atoms with van der Waals surface area (Å²) in [6.45, 7) is 0.324. The van der Waals surface area contributed by atoms with Gasteiger partial charge in [-0.25, -0.2) is 4.39 Å². The molecular weight excluding hydrogens is 217 g/mol. The van der Waals surface area contributed by atoms with E-state index in [1.807, 2.05) is 0 Å². The second-order valence-electron chi connectivity index (χ2n) is 2.73. The topological polar surface area (TPSA) is 61.0 Å². The van der Waals surface area contributed by atoms with E-state index < -0.39 is 0 Å². The zero-order valence-corrected chi connectivity index (χ0v) is 8.50. The van der Waals surface area contributed by atoms with E-state index in [1.54, 1.807) is 12.1 Å². The molecule has 0 unspecified atom stereocenters. The Morgan fingerprint density at radius 1 is 1.40 bits per heavy atom. The van der Waals surface area contributed by atoms with E-state index >= 15 is 0 Å². The molecule has 2 aromatic rings. The van der Waals surface area contributed by atoms with Gasteiger partial charge in [-0.15, -0.1) is 5.10 Å². The molecule has 2 N–H and O–H groups in total. The highest BCUT2D eigenvalue weighted by atomic mass is 32.1. The Morgan fingerprint density at radius 3 is 2.93 bits per heavy atom. The minimum atomic E-state index is -0.351. The molecule has 0 atom stereocenters. The zero-order valence-electron chi connectivity index (χ0n) is 7.68. The fourth-order valence-corrected chi connectivity index (χ4v) is 1.58. The fraction of sp³-hybridized carbons (Fsp3) is 0.111. The van der Waals surface area contributed by atoms with E-state index in [0.717, 1.165) is 0 Å². The molecule has 15 heavy (non-hydrogen) atoms. The van der Waals surface area contributed by atoms with Gasteiger partial charge in [0.1, 0.15) is 16.6 Å². The average Bonchev–Trinajstić information content (AvgIpc) is 2.65. The smallest absolute Gasteiger partial charge is 0.299 e. The Bertz CT molecular complexity index is 460. The van der Waals surface area contributed by atoms with Crippen LogP contribution in [0, 0.1) is 5.82 Å². The van der Waals surface area contributed by atoms with Crippen LogP contribution in [-0.2, 0) is 6.54 Å². The number of nitrogens with zero attached hydrogens (tertiary/aromatic N) is 2. The lowest BCUT2D eigenvalue weighted by Gasteiger charge is -1.99. The second kappa shape index (κ2) is 4.33. The number of hydrogen-bond donors (Lipinski definition) is 1. The first kappa shape index (κ1) is 10.0. The first-order chi connectivity index (χ1) is 7.28. The number of ether oxygens (including phenoxy) is 1. The van der Waals surface area contributed by atoms with Gasteiger partial charge in [0, 0.05) is 12.6 Å². The number of rotatable bonds is 3. The van der Waals surface area contributed by atoms with Crippen LogP contribution in [0.5, 0.6) is 10.9 Å². The first-order valence-corrected chi connectivity index (χ1v) is 5.05. The Morgan fingerprint density at radius 2 is 2.27 bits per heavy atom. The average molecular weight is 225 g/mol. The molecule has 1 aromatic heterocycles. The predicted octanol–water partition coefficient (Wildman–Crippen LogP) is 1.93. The molecule has 6 heteroatoms. The van der Waals surface area contributed by atoms with Crippen molar-refractivity contribution in [3.05, 3.63) is 35.1 Å². The molecule has 4 nitrogen and oxygen atoms in total. The molecule has 2 rings (SSSR count). The lowest BCUT2D eigenvalue weighted by Crippen LogP contribution is -1.94. The predicted molar refractivity (Wildman–Crippen MR) is 54.3 cm³/mol. The van der Waals surface area contributed by atoms with Crippen LogP contribution in [-0.4, -0.2) is 10.2 Å². The molecular formula is C9H8FN3OS. The van der Waals surface area contributed by atoms with E-state index in [4.69, 9.17) is 10.5 Å². The van der Waals surface area contributed by atoms with Gasteiger partial charge in [0.2, 0.25) is 0 Å². The molecule has 0 saturated heterocycles. The Balaban J connectivity index is 2.14. The summed E-state index contributed by atoms with van der Waals surface area (Å²) in [6, 6.07) is 5.84. The molecule has 0 radical (unpaired) electrons. The van der Waals surface area contributed by atoms with E-state index in [0.29, 0.717) is 22.5 Å². The third-order valence-electron chi connectivity index (χ3n) is 1.62. The van der Waals surface area contributed by atoms with Gasteiger partial charge in [-0.1, -0.05) is 22.5 Å². The van der Waals surface area contributed by atoms with Gasteiger partial charge in [0.25, 0.3) is 5.19 Å². The largest absolute Gasteiger partial charge is 0.430 e. The summed E-state index contributed by atoms with van der Waals surface area (Å²) < 4.78 is 18.1. The monoisotopic (exact) mass is 225 g/mol. The minimum Gasteiger partial charge on any atom is -0.430 e. The molecule has 0 aliphatic carbocycles. The second-order valence-corrected chi connectivity index (χ2v) is 3.75. The number of halogens is 1. The molecule has 0 amide bonds. The van der Waals surface area contributed by atoms with Crippen LogP contribution in [0.1, 0.15) is 5.01 Å². The van der Waals surface area contributed by atoms with Gasteiger partial charge in [0.15, 0.2) is 0 Å². The van der Waals surface area contributed by atoms with Crippen molar-refractivity contribution in [1.29, 1.82) is 0 Å². The summed E-state index contributed by atoms with van der Waals surface area (Å²) in [5.74, 6) is 0.0470. The van der Waals surface area contributed by atoms with Gasteiger partial charge >= 0.3 is 0 Å². The maximum atomic E-state index is 12.8. The van der Waals surface area contributed by atoms with Crippen molar-refractivity contribution >= 4 is 11.3 Å². The van der Waals surface area contributed by atoms with E-state index in [9.17, 15) is 4.39 Å². The van der Waals surface area contributed by atoms with Crippen molar-refractivity contribution in [3.8, 4) is 10.9 Å². The van der Waals surface area contributed by atoms with E-state index in [-0.39, 0.29) is 5.82 Å². The number of hydrogen-bond acceptors (Lipinski definition) is 5. The summed E-state index contributed by atoms with van der Waals surface area (Å²) >= 11 is 1.24. The SMILES string of the molecule is NCc1nnc(Oc2cccc(F)c2)s1. The normalized spacial score (nSPS) is 10.3. The quantitative estimate of drug-likeness (QED) is 0.867. The van der Waals surface area contributed by atoms with Crippen LogP contribution in [0.2, 0.25) is 0 Å². The molecule has 1 aromatic carbocycles. The van der Waals surface area contributed by atoms with Crippen molar-refractivity contribution in [3.63, 3.8) is 0 Å². The third kappa shape index (κ3) is 2.48. The van der Waals surface area contributed by atoms with Crippen LogP contribution < -0.4 is 10.5 Å². The molecule has 0 aliphatic heterocycles. The highest BCUT2D eigenvalue weighted by molar-refractivity contribution is 7.13. The molecule has 0 fully saturated rings. The summed E-state index contributed by atoms with van der Waals surface area (Å²) in [4.78, 5) is 0. The van der Waals surface area contributed by atoms with Gasteiger partial charge in [-0.2, -0.15) is 0 Å². The first-order valence-electron chi connectivity index (χ1n) is 4.24. The molecule has 78 valence electrons. The maximum Gasteiger partial charge on any atom is 0.299 e. The molecule has 0 saturated carbocycles. The zero-order chi connectivity index (χ0) is 10.7. The van der Waals surface area contributed by atoms with Gasteiger partial charge < -0.3 is 10.5 Å². The van der Waals surface area contributed by atoms with Crippen LogP contribution in [0.25, 0.3) is 0 Å². The highest BCUT2D eigenvalue weighted by Gasteiger charge is 2.05. The molecule has 1 heterocycles. The van der Waals surface area contributed by atoms with Crippen molar-refractivity contribution in [2.24, 2.45) is 5.73 Å². The van der Waals surface area contributed by atoms with E-state index in [2.05, 4.69) is 10.2 Å². The summed E-state index contributed by atoms with van der Waals surface area (Å²) in [7, 11) is 0. The van der Waals surface area contributed by atoms with Crippen molar-refractivity contribution in [2.75, 3.05) is 0 Å². The third-order valence-corrected chi connectivity index (χ3v) is 2.45. The number of nitrogens with two attached hydrogens (primary N) is 1. The molecule has 0 bridgehead atoms. The van der Waals surface area contributed by atoms with Gasteiger partial charge in [-0.3, -0.25) is 0 Å². The van der Waals surface area contributed by atoms with Crippen molar-refractivity contribution < 1.29 is 9.13 Å². The summed E-state index contributed by atoms with van der Waals surface area (Å²) in [6.07, 6.45) is 0. The van der Waals surface area contributed by atoms with Crippen LogP contribution in [0.15, 0.2) is 24.3 Å². The lowest BCUT2D eigenvalue weighted by atomic mass is 10.3. The van der Waals surface area contributed by atoms with Gasteiger partial charge in [-0.05, 0) is 12.1 Å². The van der Waals surface area contributed by atoms with Crippen LogP contribution in [0.4, 0.5) is 4.39 Å². The number of aromatic nitrogens is 2. The fourth-order valence-electron chi connectivity index (χ4n) is 0.993. The Hall–Kier alpha value is -1.53. The number of benzene rings is 1. The highest BCUT2D eigenvalue weighted by Crippen LogP contribution is 2.24. The van der Waals surface area contributed by atoms with Gasteiger partial charge in [0.05, 0.1) is 0 Å². The summed E-state index contributed by atoms with van der Waals surface area (Å²) in [5, 5.41) is 8.58. The van der Waals surface area contributed by atoms with Crippen molar-refractivity contribution in [1.82, 2.24) is 10.2 Å². The lowest BCUT2D eigenvalue weighted by molar-refractivity contribution is 0.468. The maximum absolute atomic E-state index is 12.8. The Labute approximate surface area is 89.5 Å². The van der Waals surface area contributed by atoms with Crippen LogP contribution >= 0.6 is 11.3 Å².